The topological polar surface area (TPSA) is 73.0 Å². The third-order valence-electron chi connectivity index (χ3n) is 3.39. The Labute approximate surface area is 146 Å². The van der Waals surface area contributed by atoms with Crippen molar-refractivity contribution in [2.45, 2.75) is 13.0 Å². The predicted molar refractivity (Wildman–Crippen MR) is 89.7 cm³/mol. The SMILES string of the molecule is COc1ccc(C=Nn2c(C(F)F)n[nH]c2=S)cc1Cn1cccn1. The molecule has 0 aliphatic carbocycles. The van der Waals surface area contributed by atoms with E-state index in [1.165, 1.54) is 6.21 Å². The summed E-state index contributed by atoms with van der Waals surface area (Å²) >= 11 is 4.92. The van der Waals surface area contributed by atoms with Crippen molar-refractivity contribution in [3.63, 3.8) is 0 Å². The first kappa shape index (κ1) is 17.0. The Morgan fingerprint density at radius 1 is 1.44 bits per heavy atom. The number of benzene rings is 1. The fourth-order valence-corrected chi connectivity index (χ4v) is 2.44. The molecule has 0 fully saturated rings. The van der Waals surface area contributed by atoms with E-state index in [0.29, 0.717) is 17.9 Å². The van der Waals surface area contributed by atoms with E-state index in [4.69, 9.17) is 17.0 Å². The van der Waals surface area contributed by atoms with E-state index >= 15 is 0 Å². The molecule has 0 radical (unpaired) electrons. The van der Waals surface area contributed by atoms with Crippen LogP contribution in [-0.2, 0) is 6.54 Å². The number of rotatable bonds is 6. The first-order valence-electron chi connectivity index (χ1n) is 7.22. The molecule has 0 amide bonds. The number of halogens is 2. The molecule has 1 N–H and O–H groups in total. The summed E-state index contributed by atoms with van der Waals surface area (Å²) in [5.41, 5.74) is 1.58. The largest absolute Gasteiger partial charge is 0.496 e. The van der Waals surface area contributed by atoms with Crippen LogP contribution in [0.15, 0.2) is 41.8 Å². The summed E-state index contributed by atoms with van der Waals surface area (Å²) in [6.45, 7) is 0.505. The van der Waals surface area contributed by atoms with Crippen LogP contribution in [-0.4, -0.2) is 38.0 Å². The summed E-state index contributed by atoms with van der Waals surface area (Å²) in [7, 11) is 1.58. The van der Waals surface area contributed by atoms with E-state index in [9.17, 15) is 8.78 Å². The van der Waals surface area contributed by atoms with Crippen molar-refractivity contribution in [3.05, 3.63) is 58.4 Å². The first-order chi connectivity index (χ1) is 12.1. The molecule has 0 aliphatic heterocycles. The van der Waals surface area contributed by atoms with E-state index in [2.05, 4.69) is 20.4 Å². The van der Waals surface area contributed by atoms with Gasteiger partial charge in [0.25, 0.3) is 6.43 Å². The Kier molecular flexibility index (Phi) is 4.98. The Morgan fingerprint density at radius 2 is 2.28 bits per heavy atom. The van der Waals surface area contributed by atoms with Crippen LogP contribution in [0.25, 0.3) is 0 Å². The maximum atomic E-state index is 12.9. The molecule has 0 bridgehead atoms. The van der Waals surface area contributed by atoms with Crippen molar-refractivity contribution >= 4 is 18.4 Å². The highest BCUT2D eigenvalue weighted by Crippen LogP contribution is 2.21. The van der Waals surface area contributed by atoms with Gasteiger partial charge in [-0.2, -0.15) is 20.0 Å². The summed E-state index contributed by atoms with van der Waals surface area (Å²) in [6.07, 6.45) is 2.17. The molecule has 0 atom stereocenters. The summed E-state index contributed by atoms with van der Waals surface area (Å²) in [6, 6.07) is 7.21. The molecule has 0 saturated heterocycles. The molecular formula is C15H14F2N6OS. The zero-order valence-corrected chi connectivity index (χ0v) is 14.0. The molecule has 1 aromatic carbocycles. The minimum absolute atomic E-state index is 0.00294. The van der Waals surface area contributed by atoms with E-state index < -0.39 is 12.2 Å². The average molecular weight is 364 g/mol. The van der Waals surface area contributed by atoms with Gasteiger partial charge in [0, 0.05) is 18.0 Å². The second-order valence-electron chi connectivity index (χ2n) is 5.02. The molecular weight excluding hydrogens is 350 g/mol. The van der Waals surface area contributed by atoms with Crippen LogP contribution in [0.1, 0.15) is 23.4 Å². The highest BCUT2D eigenvalue weighted by molar-refractivity contribution is 7.71. The number of ether oxygens (including phenoxy) is 1. The Bertz CT molecular complexity index is 932. The van der Waals surface area contributed by atoms with Crippen molar-refractivity contribution in [2.24, 2.45) is 5.10 Å². The number of alkyl halides is 2. The highest BCUT2D eigenvalue weighted by Gasteiger charge is 2.16. The van der Waals surface area contributed by atoms with Gasteiger partial charge in [0.15, 0.2) is 0 Å². The maximum Gasteiger partial charge on any atom is 0.299 e. The fourth-order valence-electron chi connectivity index (χ4n) is 2.25. The van der Waals surface area contributed by atoms with E-state index in [0.717, 1.165) is 10.2 Å². The lowest BCUT2D eigenvalue weighted by Gasteiger charge is -2.09. The molecule has 0 aliphatic rings. The number of hydrogen-bond acceptors (Lipinski definition) is 5. The number of nitrogens with one attached hydrogen (secondary N) is 1. The Morgan fingerprint density at radius 3 is 2.96 bits per heavy atom. The zero-order chi connectivity index (χ0) is 17.8. The van der Waals surface area contributed by atoms with Crippen LogP contribution in [0.2, 0.25) is 0 Å². The van der Waals surface area contributed by atoms with Gasteiger partial charge in [-0.15, -0.1) is 0 Å². The van der Waals surface area contributed by atoms with Gasteiger partial charge in [-0.3, -0.25) is 4.68 Å². The van der Waals surface area contributed by atoms with Crippen LogP contribution in [0.5, 0.6) is 5.75 Å². The van der Waals surface area contributed by atoms with E-state index in [1.54, 1.807) is 30.1 Å². The van der Waals surface area contributed by atoms with Crippen molar-refractivity contribution < 1.29 is 13.5 Å². The van der Waals surface area contributed by atoms with Gasteiger partial charge >= 0.3 is 0 Å². The standard InChI is InChI=1S/C15H14F2N6OS/c1-24-12-4-3-10(7-11(12)9-22-6-2-5-18-22)8-19-23-14(13(16)17)20-21-15(23)25/h2-8,13H,9H2,1H3,(H,21,25). The number of aromatic amines is 1. The van der Waals surface area contributed by atoms with Gasteiger partial charge in [-0.25, -0.2) is 13.9 Å². The fraction of sp³-hybridized carbons (Fsp3) is 0.200. The van der Waals surface area contributed by atoms with E-state index in [1.807, 2.05) is 18.3 Å². The molecule has 2 heterocycles. The molecule has 10 heteroatoms. The van der Waals surface area contributed by atoms with Gasteiger partial charge in [-0.05, 0) is 42.0 Å². The molecule has 130 valence electrons. The van der Waals surface area contributed by atoms with Crippen molar-refractivity contribution in [1.29, 1.82) is 0 Å². The van der Waals surface area contributed by atoms with Gasteiger partial charge in [0.05, 0.1) is 19.9 Å². The number of aromatic nitrogens is 5. The Hall–Kier alpha value is -2.88. The minimum Gasteiger partial charge on any atom is -0.496 e. The molecule has 2 aromatic heterocycles. The van der Waals surface area contributed by atoms with Crippen LogP contribution < -0.4 is 4.74 Å². The van der Waals surface area contributed by atoms with Crippen LogP contribution in [0.4, 0.5) is 8.78 Å². The third kappa shape index (κ3) is 3.79. The molecule has 3 aromatic rings. The Balaban J connectivity index is 1.90. The number of methoxy groups -OCH3 is 1. The average Bonchev–Trinajstić information content (AvgIpc) is 3.23. The summed E-state index contributed by atoms with van der Waals surface area (Å²) in [4.78, 5) is 0. The second-order valence-corrected chi connectivity index (χ2v) is 5.41. The van der Waals surface area contributed by atoms with Gasteiger partial charge < -0.3 is 4.74 Å². The maximum absolute atomic E-state index is 12.9. The lowest BCUT2D eigenvalue weighted by Crippen LogP contribution is -2.03. The van der Waals surface area contributed by atoms with Crippen molar-refractivity contribution in [2.75, 3.05) is 7.11 Å². The third-order valence-corrected chi connectivity index (χ3v) is 3.65. The molecule has 0 unspecified atom stereocenters. The van der Waals surface area contributed by atoms with Gasteiger partial charge in [0.1, 0.15) is 5.75 Å². The predicted octanol–water partition coefficient (Wildman–Crippen LogP) is 3.01. The second kappa shape index (κ2) is 7.34. The van der Waals surface area contributed by atoms with Gasteiger partial charge in [0.2, 0.25) is 10.6 Å². The number of hydrogen-bond donors (Lipinski definition) is 1. The molecule has 3 rings (SSSR count). The van der Waals surface area contributed by atoms with Crippen LogP contribution in [0.3, 0.4) is 0 Å². The minimum atomic E-state index is -2.78. The number of nitrogens with zero attached hydrogens (tertiary/aromatic N) is 5. The van der Waals surface area contributed by atoms with E-state index in [-0.39, 0.29) is 4.77 Å². The quantitative estimate of drug-likeness (QED) is 0.539. The smallest absolute Gasteiger partial charge is 0.299 e. The van der Waals surface area contributed by atoms with Crippen LogP contribution >= 0.6 is 12.2 Å². The normalized spacial score (nSPS) is 11.5. The zero-order valence-electron chi connectivity index (χ0n) is 13.1. The summed E-state index contributed by atoms with van der Waals surface area (Å²) < 4.78 is 33.8. The summed E-state index contributed by atoms with van der Waals surface area (Å²) in [5, 5.41) is 13.9. The number of H-pyrrole nitrogens is 1. The monoisotopic (exact) mass is 364 g/mol. The van der Waals surface area contributed by atoms with Crippen molar-refractivity contribution in [1.82, 2.24) is 24.7 Å². The summed E-state index contributed by atoms with van der Waals surface area (Å²) in [5.74, 6) is 0.160. The van der Waals surface area contributed by atoms with Crippen LogP contribution in [0, 0.1) is 4.77 Å². The molecule has 7 nitrogen and oxygen atoms in total. The molecule has 0 saturated carbocycles. The molecule has 25 heavy (non-hydrogen) atoms. The first-order valence-corrected chi connectivity index (χ1v) is 7.63. The van der Waals surface area contributed by atoms with Crippen molar-refractivity contribution in [3.8, 4) is 5.75 Å². The lowest BCUT2D eigenvalue weighted by atomic mass is 10.1. The lowest BCUT2D eigenvalue weighted by molar-refractivity contribution is 0.136. The molecule has 0 spiro atoms. The van der Waals surface area contributed by atoms with Gasteiger partial charge in [-0.1, -0.05) is 0 Å². The highest BCUT2D eigenvalue weighted by atomic mass is 32.1.